The van der Waals surface area contributed by atoms with Gasteiger partial charge in [-0.2, -0.15) is 0 Å². The summed E-state index contributed by atoms with van der Waals surface area (Å²) in [6, 6.07) is 1.28. The number of rotatable bonds is 7. The van der Waals surface area contributed by atoms with Gasteiger partial charge in [-0.15, -0.1) is 0 Å². The van der Waals surface area contributed by atoms with Crippen molar-refractivity contribution in [3.05, 3.63) is 11.3 Å². The molecule has 3 rings (SSSR count). The molecule has 0 radical (unpaired) electrons. The Morgan fingerprint density at radius 3 is 2.72 bits per heavy atom. The van der Waals surface area contributed by atoms with Crippen LogP contribution in [0.2, 0.25) is 0 Å². The third kappa shape index (κ3) is 4.13. The molecule has 1 saturated heterocycles. The SMILES string of the molecule is CCCCCCC[C@@H]1C[C@@H]2CC[C@@H]3C(C(=O)OC)=C(C)NC(=[N+]23)N1.[Cl-]. The number of methoxy groups -OCH3 is 1. The van der Waals surface area contributed by atoms with Gasteiger partial charge in [0.1, 0.15) is 11.6 Å². The Hall–Kier alpha value is -1.23. The van der Waals surface area contributed by atoms with E-state index in [-0.39, 0.29) is 24.4 Å². The van der Waals surface area contributed by atoms with Crippen molar-refractivity contribution in [3.8, 4) is 0 Å². The van der Waals surface area contributed by atoms with Crippen LogP contribution >= 0.6 is 0 Å². The smallest absolute Gasteiger partial charge is 0.351 e. The van der Waals surface area contributed by atoms with Crippen molar-refractivity contribution in [2.45, 2.75) is 89.8 Å². The van der Waals surface area contributed by atoms with Crippen molar-refractivity contribution in [1.82, 2.24) is 10.6 Å². The maximum atomic E-state index is 12.2. The van der Waals surface area contributed by atoms with Crippen molar-refractivity contribution in [2.75, 3.05) is 7.11 Å². The number of allylic oxidation sites excluding steroid dienone is 1. The maximum Gasteiger partial charge on any atom is 0.351 e. The first-order chi connectivity index (χ1) is 11.7. The van der Waals surface area contributed by atoms with E-state index in [0.29, 0.717) is 12.1 Å². The highest BCUT2D eigenvalue weighted by molar-refractivity contribution is 5.93. The van der Waals surface area contributed by atoms with Crippen LogP contribution in [0.25, 0.3) is 0 Å². The predicted molar refractivity (Wildman–Crippen MR) is 94.8 cm³/mol. The van der Waals surface area contributed by atoms with Gasteiger partial charge in [-0.05, 0) is 26.2 Å². The number of esters is 1. The number of nitrogens with one attached hydrogen (secondary N) is 2. The van der Waals surface area contributed by atoms with Crippen LogP contribution in [0.15, 0.2) is 11.3 Å². The average molecular weight is 370 g/mol. The Bertz CT molecular complexity index is 559. The van der Waals surface area contributed by atoms with Crippen molar-refractivity contribution < 1.29 is 26.5 Å². The normalized spacial score (nSPS) is 27.2. The summed E-state index contributed by atoms with van der Waals surface area (Å²) in [5.41, 5.74) is 1.75. The summed E-state index contributed by atoms with van der Waals surface area (Å²) in [5, 5.41) is 7.14. The van der Waals surface area contributed by atoms with Gasteiger partial charge >= 0.3 is 11.9 Å². The van der Waals surface area contributed by atoms with Crippen LogP contribution in [0.4, 0.5) is 0 Å². The van der Waals surface area contributed by atoms with E-state index in [9.17, 15) is 4.79 Å². The van der Waals surface area contributed by atoms with E-state index in [4.69, 9.17) is 4.74 Å². The summed E-state index contributed by atoms with van der Waals surface area (Å²) >= 11 is 0. The lowest BCUT2D eigenvalue weighted by molar-refractivity contribution is -0.580. The van der Waals surface area contributed by atoms with Crippen molar-refractivity contribution >= 4 is 11.9 Å². The lowest BCUT2D eigenvalue weighted by Gasteiger charge is -2.33. The first-order valence-corrected chi connectivity index (χ1v) is 9.63. The number of hydrogen-bond donors (Lipinski definition) is 2. The molecule has 0 saturated carbocycles. The number of unbranched alkanes of at least 4 members (excludes halogenated alkanes) is 4. The number of hydrogen-bond acceptors (Lipinski definition) is 4. The number of halogens is 1. The second-order valence-electron chi connectivity index (χ2n) is 7.44. The zero-order valence-electron chi connectivity index (χ0n) is 15.7. The molecule has 0 spiro atoms. The third-order valence-electron chi connectivity index (χ3n) is 5.76. The van der Waals surface area contributed by atoms with Gasteiger partial charge < -0.3 is 17.1 Å². The Morgan fingerprint density at radius 1 is 1.24 bits per heavy atom. The molecule has 5 nitrogen and oxygen atoms in total. The van der Waals surface area contributed by atoms with E-state index >= 15 is 0 Å². The van der Waals surface area contributed by atoms with Crippen LogP contribution in [0.5, 0.6) is 0 Å². The molecule has 142 valence electrons. The second-order valence-corrected chi connectivity index (χ2v) is 7.44. The molecule has 3 aliphatic heterocycles. The zero-order valence-corrected chi connectivity index (χ0v) is 16.5. The molecule has 0 unspecified atom stereocenters. The Kier molecular flexibility index (Phi) is 7.17. The molecule has 3 atom stereocenters. The summed E-state index contributed by atoms with van der Waals surface area (Å²) in [6.07, 6.45) is 11.3. The highest BCUT2D eigenvalue weighted by Crippen LogP contribution is 2.34. The molecule has 0 bridgehead atoms. The lowest BCUT2D eigenvalue weighted by atomic mass is 9.98. The van der Waals surface area contributed by atoms with Gasteiger partial charge in [-0.1, -0.05) is 39.0 Å². The largest absolute Gasteiger partial charge is 1.00 e. The van der Waals surface area contributed by atoms with E-state index in [2.05, 4.69) is 22.1 Å². The van der Waals surface area contributed by atoms with Crippen LogP contribution in [0.3, 0.4) is 0 Å². The fraction of sp³-hybridized carbons (Fsp3) is 0.789. The molecule has 0 amide bonds. The third-order valence-corrected chi connectivity index (χ3v) is 5.76. The predicted octanol–water partition coefficient (Wildman–Crippen LogP) is -0.337. The van der Waals surface area contributed by atoms with Gasteiger partial charge in [0.2, 0.25) is 0 Å². The molecular formula is C19H32ClN3O2. The van der Waals surface area contributed by atoms with E-state index in [1.165, 1.54) is 52.1 Å². The highest BCUT2D eigenvalue weighted by Gasteiger charge is 2.47. The van der Waals surface area contributed by atoms with E-state index < -0.39 is 0 Å². The summed E-state index contributed by atoms with van der Waals surface area (Å²) in [6.45, 7) is 4.25. The van der Waals surface area contributed by atoms with Gasteiger partial charge in [-0.3, -0.25) is 9.89 Å². The lowest BCUT2D eigenvalue weighted by Crippen LogP contribution is -3.00. The number of ether oxygens (including phenoxy) is 1. The second kappa shape index (κ2) is 8.93. The van der Waals surface area contributed by atoms with Crippen LogP contribution < -0.4 is 23.0 Å². The molecule has 0 aliphatic carbocycles. The molecular weight excluding hydrogens is 338 g/mol. The Balaban J connectivity index is 0.00000225. The quantitative estimate of drug-likeness (QED) is 0.366. The van der Waals surface area contributed by atoms with E-state index in [0.717, 1.165) is 30.1 Å². The summed E-state index contributed by atoms with van der Waals surface area (Å²) in [4.78, 5) is 12.2. The molecule has 3 heterocycles. The molecule has 2 N–H and O–H groups in total. The molecule has 3 aliphatic rings. The van der Waals surface area contributed by atoms with E-state index in [1.54, 1.807) is 0 Å². The van der Waals surface area contributed by atoms with Crippen LogP contribution in [0.1, 0.15) is 71.6 Å². The Morgan fingerprint density at radius 2 is 2.00 bits per heavy atom. The highest BCUT2D eigenvalue weighted by atomic mass is 35.5. The molecule has 0 aromatic heterocycles. The summed E-state index contributed by atoms with van der Waals surface area (Å²) < 4.78 is 7.40. The number of carbonyl (C=O) groups excluding carboxylic acids is 1. The molecule has 25 heavy (non-hydrogen) atoms. The first-order valence-electron chi connectivity index (χ1n) is 9.63. The Labute approximate surface area is 157 Å². The minimum absolute atomic E-state index is 0. The van der Waals surface area contributed by atoms with Gasteiger partial charge in [0.25, 0.3) is 0 Å². The van der Waals surface area contributed by atoms with E-state index in [1.807, 2.05) is 6.92 Å². The fourth-order valence-electron chi connectivity index (χ4n) is 4.57. The standard InChI is InChI=1S/C19H31N3O2.ClH/c1-4-5-6-7-8-9-14-12-15-10-11-16-17(18(23)24-3)13(2)20-19(21-14)22(15)16;/h14-16H,4-12H2,1-3H3,(H,20,21,23);1H/t14-,15+,16-;/m1./s1. The van der Waals surface area contributed by atoms with Gasteiger partial charge in [0.05, 0.1) is 24.9 Å². The van der Waals surface area contributed by atoms with Gasteiger partial charge in [0, 0.05) is 6.42 Å². The molecule has 6 heteroatoms. The number of nitrogens with zero attached hydrogens (tertiary/aromatic N) is 1. The van der Waals surface area contributed by atoms with Crippen molar-refractivity contribution in [3.63, 3.8) is 0 Å². The summed E-state index contributed by atoms with van der Waals surface area (Å²) in [5.74, 6) is 0.917. The molecule has 0 aromatic carbocycles. The number of guanidine groups is 1. The van der Waals surface area contributed by atoms with Gasteiger partial charge in [0.15, 0.2) is 0 Å². The van der Waals surface area contributed by atoms with Crippen LogP contribution in [-0.4, -0.2) is 41.7 Å². The van der Waals surface area contributed by atoms with Crippen molar-refractivity contribution in [1.29, 1.82) is 0 Å². The van der Waals surface area contributed by atoms with Crippen molar-refractivity contribution in [2.24, 2.45) is 0 Å². The van der Waals surface area contributed by atoms with Gasteiger partial charge in [-0.25, -0.2) is 10.1 Å². The number of carbonyl (C=O) groups is 1. The first kappa shape index (κ1) is 20.1. The molecule has 0 aromatic rings. The minimum Gasteiger partial charge on any atom is -1.00 e. The maximum absolute atomic E-state index is 12.2. The fourth-order valence-corrected chi connectivity index (χ4v) is 4.57. The topological polar surface area (TPSA) is 53.4 Å². The zero-order chi connectivity index (χ0) is 17.1. The summed E-state index contributed by atoms with van der Waals surface area (Å²) in [7, 11) is 1.47. The minimum atomic E-state index is -0.192. The molecule has 1 fully saturated rings. The van der Waals surface area contributed by atoms with Crippen LogP contribution in [-0.2, 0) is 9.53 Å². The van der Waals surface area contributed by atoms with Crippen LogP contribution in [0, 0.1) is 0 Å². The average Bonchev–Trinajstić information content (AvgIpc) is 2.99. The monoisotopic (exact) mass is 369 g/mol.